The maximum absolute atomic E-state index is 13.8. The third-order valence-electron chi connectivity index (χ3n) is 2.97. The number of nitrogens with zero attached hydrogens (tertiary/aromatic N) is 5. The van der Waals surface area contributed by atoms with Crippen molar-refractivity contribution in [3.63, 3.8) is 0 Å². The zero-order chi connectivity index (χ0) is 13.9. The van der Waals surface area contributed by atoms with E-state index in [9.17, 15) is 4.39 Å². The van der Waals surface area contributed by atoms with E-state index in [2.05, 4.69) is 31.0 Å². The highest BCUT2D eigenvalue weighted by molar-refractivity contribution is 5.52. The second-order valence-corrected chi connectivity index (χ2v) is 4.29. The number of halogens is 1. The van der Waals surface area contributed by atoms with Crippen LogP contribution < -0.4 is 5.32 Å². The minimum atomic E-state index is -0.331. The first-order valence-corrected chi connectivity index (χ1v) is 5.99. The fourth-order valence-electron chi connectivity index (χ4n) is 1.82. The molecule has 3 rings (SSSR count). The van der Waals surface area contributed by atoms with E-state index in [1.807, 2.05) is 6.92 Å². The zero-order valence-electron chi connectivity index (χ0n) is 10.7. The van der Waals surface area contributed by atoms with Gasteiger partial charge in [-0.25, -0.2) is 9.07 Å². The summed E-state index contributed by atoms with van der Waals surface area (Å²) in [7, 11) is 0. The molecule has 1 aromatic carbocycles. The minimum Gasteiger partial charge on any atom is -0.378 e. The lowest BCUT2D eigenvalue weighted by atomic mass is 10.2. The van der Waals surface area contributed by atoms with E-state index in [4.69, 9.17) is 0 Å². The van der Waals surface area contributed by atoms with Gasteiger partial charge in [0.15, 0.2) is 0 Å². The first-order chi connectivity index (χ1) is 9.74. The van der Waals surface area contributed by atoms with Crippen molar-refractivity contribution >= 4 is 5.69 Å². The summed E-state index contributed by atoms with van der Waals surface area (Å²) in [6.07, 6.45) is 3.17. The number of benzene rings is 1. The summed E-state index contributed by atoms with van der Waals surface area (Å²) in [6, 6.07) is 4.64. The van der Waals surface area contributed by atoms with Gasteiger partial charge in [0.05, 0.1) is 17.6 Å². The Morgan fingerprint density at radius 2 is 2.30 bits per heavy atom. The average Bonchev–Trinajstić information content (AvgIpc) is 3.10. The fraction of sp³-hybridized carbons (Fsp3) is 0.167. The number of tetrazole rings is 1. The van der Waals surface area contributed by atoms with E-state index in [-0.39, 0.29) is 5.82 Å². The Morgan fingerprint density at radius 3 is 3.00 bits per heavy atom. The average molecular weight is 273 g/mol. The van der Waals surface area contributed by atoms with Crippen LogP contribution in [0.4, 0.5) is 10.1 Å². The number of H-pyrrole nitrogens is 1. The van der Waals surface area contributed by atoms with Gasteiger partial charge >= 0.3 is 0 Å². The van der Waals surface area contributed by atoms with E-state index < -0.39 is 0 Å². The predicted octanol–water partition coefficient (Wildman–Crippen LogP) is 1.45. The normalized spacial score (nSPS) is 10.7. The van der Waals surface area contributed by atoms with Crippen LogP contribution in [0.1, 0.15) is 11.3 Å². The van der Waals surface area contributed by atoms with Crippen molar-refractivity contribution in [3.05, 3.63) is 47.8 Å². The van der Waals surface area contributed by atoms with Crippen molar-refractivity contribution in [2.45, 2.75) is 13.5 Å². The molecule has 0 spiro atoms. The number of nitrogens with one attached hydrogen (secondary N) is 2. The molecule has 0 saturated carbocycles. The largest absolute Gasteiger partial charge is 0.378 e. The van der Waals surface area contributed by atoms with Gasteiger partial charge in [0.1, 0.15) is 12.1 Å². The summed E-state index contributed by atoms with van der Waals surface area (Å²) in [6.45, 7) is 2.40. The lowest BCUT2D eigenvalue weighted by Crippen LogP contribution is -2.04. The molecule has 7 nitrogen and oxygen atoms in total. The number of aromatic amines is 1. The third-order valence-corrected chi connectivity index (χ3v) is 2.97. The van der Waals surface area contributed by atoms with Crippen LogP contribution in [0.15, 0.2) is 30.7 Å². The molecule has 0 unspecified atom stereocenters. The lowest BCUT2D eigenvalue weighted by molar-refractivity contribution is 0.629. The highest BCUT2D eigenvalue weighted by atomic mass is 19.1. The summed E-state index contributed by atoms with van der Waals surface area (Å²) in [5.74, 6) is -0.331. The standard InChI is InChI=1S/C12H12FN7/c1-8-9(6-15-17-8)5-14-12-4-10(2-3-11(12)13)20-7-16-18-19-20/h2-4,6-7,14H,5H2,1H3,(H,15,17). The zero-order valence-corrected chi connectivity index (χ0v) is 10.7. The summed E-state index contributed by atoms with van der Waals surface area (Å²) in [5, 5.41) is 20.7. The number of aryl methyl sites for hydroxylation is 1. The summed E-state index contributed by atoms with van der Waals surface area (Å²) in [4.78, 5) is 0. The van der Waals surface area contributed by atoms with E-state index in [1.165, 1.54) is 17.1 Å². The molecule has 0 radical (unpaired) electrons. The van der Waals surface area contributed by atoms with Crippen LogP contribution in [0.25, 0.3) is 5.69 Å². The fourth-order valence-corrected chi connectivity index (χ4v) is 1.82. The molecular formula is C12H12FN7. The lowest BCUT2D eigenvalue weighted by Gasteiger charge is -2.09. The molecule has 0 amide bonds. The molecule has 0 bridgehead atoms. The Balaban J connectivity index is 1.82. The Morgan fingerprint density at radius 1 is 1.40 bits per heavy atom. The number of rotatable bonds is 4. The van der Waals surface area contributed by atoms with Crippen LogP contribution in [0, 0.1) is 12.7 Å². The van der Waals surface area contributed by atoms with Gasteiger partial charge < -0.3 is 5.32 Å². The molecule has 0 aliphatic heterocycles. The second kappa shape index (κ2) is 5.08. The van der Waals surface area contributed by atoms with Crippen molar-refractivity contribution in [2.24, 2.45) is 0 Å². The molecule has 8 heteroatoms. The Hall–Kier alpha value is -2.77. The first-order valence-electron chi connectivity index (χ1n) is 5.99. The molecular weight excluding hydrogens is 261 g/mol. The van der Waals surface area contributed by atoms with Crippen LogP contribution in [0.5, 0.6) is 0 Å². The highest BCUT2D eigenvalue weighted by Gasteiger charge is 2.07. The molecule has 0 fully saturated rings. The maximum atomic E-state index is 13.8. The molecule has 102 valence electrons. The van der Waals surface area contributed by atoms with Gasteiger partial charge in [-0.1, -0.05) is 0 Å². The maximum Gasteiger partial charge on any atom is 0.146 e. The summed E-state index contributed by atoms with van der Waals surface area (Å²) < 4.78 is 15.3. The molecule has 2 heterocycles. The van der Waals surface area contributed by atoms with Crippen molar-refractivity contribution in [3.8, 4) is 5.69 Å². The highest BCUT2D eigenvalue weighted by Crippen LogP contribution is 2.19. The van der Waals surface area contributed by atoms with Gasteiger partial charge in [0, 0.05) is 17.8 Å². The molecule has 2 aromatic heterocycles. The van der Waals surface area contributed by atoms with Gasteiger partial charge in [-0.05, 0) is 35.5 Å². The SMILES string of the molecule is Cc1[nH]ncc1CNc1cc(-n2cnnn2)ccc1F. The smallest absolute Gasteiger partial charge is 0.146 e. The number of hydrogen-bond acceptors (Lipinski definition) is 5. The first kappa shape index (κ1) is 12.3. The van der Waals surface area contributed by atoms with Gasteiger partial charge in [0.25, 0.3) is 0 Å². The quantitative estimate of drug-likeness (QED) is 0.751. The Kier molecular flexibility index (Phi) is 3.12. The molecule has 0 aliphatic carbocycles. The van der Waals surface area contributed by atoms with Crippen molar-refractivity contribution in [1.29, 1.82) is 0 Å². The van der Waals surface area contributed by atoms with Crippen molar-refractivity contribution in [2.75, 3.05) is 5.32 Å². The molecule has 2 N–H and O–H groups in total. The van der Waals surface area contributed by atoms with Gasteiger partial charge in [-0.2, -0.15) is 5.10 Å². The van der Waals surface area contributed by atoms with E-state index >= 15 is 0 Å². The van der Waals surface area contributed by atoms with Crippen LogP contribution in [-0.2, 0) is 6.54 Å². The molecule has 0 atom stereocenters. The second-order valence-electron chi connectivity index (χ2n) is 4.29. The molecule has 3 aromatic rings. The third kappa shape index (κ3) is 2.35. The van der Waals surface area contributed by atoms with Crippen LogP contribution in [0.2, 0.25) is 0 Å². The van der Waals surface area contributed by atoms with Crippen molar-refractivity contribution < 1.29 is 4.39 Å². The topological polar surface area (TPSA) is 84.3 Å². The van der Waals surface area contributed by atoms with E-state index in [0.717, 1.165) is 11.3 Å². The monoisotopic (exact) mass is 273 g/mol. The van der Waals surface area contributed by atoms with Crippen LogP contribution in [-0.4, -0.2) is 30.4 Å². The number of hydrogen-bond donors (Lipinski definition) is 2. The Bertz CT molecular complexity index is 704. The van der Waals surface area contributed by atoms with Crippen molar-refractivity contribution in [1.82, 2.24) is 30.4 Å². The molecule has 20 heavy (non-hydrogen) atoms. The van der Waals surface area contributed by atoms with Gasteiger partial charge in [0.2, 0.25) is 0 Å². The van der Waals surface area contributed by atoms with Gasteiger partial charge in [-0.15, -0.1) is 5.10 Å². The van der Waals surface area contributed by atoms with Crippen LogP contribution >= 0.6 is 0 Å². The number of aromatic nitrogens is 6. The van der Waals surface area contributed by atoms with Crippen LogP contribution in [0.3, 0.4) is 0 Å². The number of anilines is 1. The Labute approximate surface area is 113 Å². The van der Waals surface area contributed by atoms with E-state index in [1.54, 1.807) is 18.3 Å². The minimum absolute atomic E-state index is 0.331. The van der Waals surface area contributed by atoms with E-state index in [0.29, 0.717) is 17.9 Å². The summed E-state index contributed by atoms with van der Waals surface area (Å²) in [5.41, 5.74) is 3.01. The molecule has 0 saturated heterocycles. The van der Waals surface area contributed by atoms with Gasteiger partial charge in [-0.3, -0.25) is 5.10 Å². The molecule has 0 aliphatic rings. The predicted molar refractivity (Wildman–Crippen MR) is 69.8 cm³/mol. The summed E-state index contributed by atoms with van der Waals surface area (Å²) >= 11 is 0.